The van der Waals surface area contributed by atoms with Gasteiger partial charge in [-0.3, -0.25) is 14.5 Å². The van der Waals surface area contributed by atoms with Gasteiger partial charge in [0.1, 0.15) is 0 Å². The SMILES string of the molecule is N#CCc1ccc2[nH]cc(CCN3C(=O)c4ccccc4C3=O)c2c1. The van der Waals surface area contributed by atoms with E-state index in [1.165, 1.54) is 4.90 Å². The van der Waals surface area contributed by atoms with Gasteiger partial charge in [-0.05, 0) is 41.8 Å². The lowest BCUT2D eigenvalue weighted by Gasteiger charge is -2.13. The first kappa shape index (κ1) is 15.2. The van der Waals surface area contributed by atoms with Gasteiger partial charge in [0.25, 0.3) is 11.8 Å². The van der Waals surface area contributed by atoms with Crippen molar-refractivity contribution in [1.29, 1.82) is 5.26 Å². The van der Waals surface area contributed by atoms with E-state index in [-0.39, 0.29) is 11.8 Å². The molecule has 0 bridgehead atoms. The molecule has 25 heavy (non-hydrogen) atoms. The molecule has 0 fully saturated rings. The maximum atomic E-state index is 12.4. The molecule has 0 spiro atoms. The fourth-order valence-electron chi connectivity index (χ4n) is 3.31. The lowest BCUT2D eigenvalue weighted by molar-refractivity contribution is 0.0656. The number of aromatic amines is 1. The maximum absolute atomic E-state index is 12.4. The lowest BCUT2D eigenvalue weighted by atomic mass is 10.1. The van der Waals surface area contributed by atoms with E-state index in [9.17, 15) is 9.59 Å². The predicted octanol–water partition coefficient (Wildman–Crippen LogP) is 3.07. The fourth-order valence-corrected chi connectivity index (χ4v) is 3.31. The summed E-state index contributed by atoms with van der Waals surface area (Å²) >= 11 is 0. The second kappa shape index (κ2) is 5.91. The number of amides is 2. The molecule has 0 saturated carbocycles. The van der Waals surface area contributed by atoms with Crippen LogP contribution in [-0.4, -0.2) is 28.2 Å². The number of hydrogen-bond donors (Lipinski definition) is 1. The molecule has 2 amide bonds. The van der Waals surface area contributed by atoms with Gasteiger partial charge < -0.3 is 4.98 Å². The van der Waals surface area contributed by atoms with Gasteiger partial charge in [-0.2, -0.15) is 5.26 Å². The second-order valence-corrected chi connectivity index (χ2v) is 6.09. The quantitative estimate of drug-likeness (QED) is 0.747. The highest BCUT2D eigenvalue weighted by molar-refractivity contribution is 6.21. The first-order chi connectivity index (χ1) is 12.2. The summed E-state index contributed by atoms with van der Waals surface area (Å²) in [6.07, 6.45) is 2.83. The Morgan fingerprint density at radius 1 is 1.04 bits per heavy atom. The number of carbonyl (C=O) groups is 2. The minimum atomic E-state index is -0.231. The summed E-state index contributed by atoms with van der Waals surface area (Å²) in [6.45, 7) is 0.335. The molecule has 1 aliphatic rings. The number of aromatic nitrogens is 1. The van der Waals surface area contributed by atoms with Gasteiger partial charge in [0, 0.05) is 23.6 Å². The molecule has 0 aliphatic carbocycles. The van der Waals surface area contributed by atoms with Crippen LogP contribution in [0.5, 0.6) is 0 Å². The number of H-pyrrole nitrogens is 1. The normalized spacial score (nSPS) is 13.3. The van der Waals surface area contributed by atoms with E-state index < -0.39 is 0 Å². The molecule has 2 aromatic carbocycles. The fraction of sp³-hybridized carbons (Fsp3) is 0.150. The Hall–Kier alpha value is -3.39. The Kier molecular flexibility index (Phi) is 3.58. The monoisotopic (exact) mass is 329 g/mol. The highest BCUT2D eigenvalue weighted by Crippen LogP contribution is 2.25. The van der Waals surface area contributed by atoms with Crippen LogP contribution in [0.15, 0.2) is 48.7 Å². The van der Waals surface area contributed by atoms with Crippen LogP contribution in [0.1, 0.15) is 31.8 Å². The molecule has 4 rings (SSSR count). The first-order valence-corrected chi connectivity index (χ1v) is 8.10. The minimum Gasteiger partial charge on any atom is -0.361 e. The smallest absolute Gasteiger partial charge is 0.261 e. The molecule has 0 unspecified atom stereocenters. The van der Waals surface area contributed by atoms with Gasteiger partial charge >= 0.3 is 0 Å². The van der Waals surface area contributed by atoms with Gasteiger partial charge in [-0.25, -0.2) is 0 Å². The van der Waals surface area contributed by atoms with Crippen molar-refractivity contribution in [3.8, 4) is 6.07 Å². The number of fused-ring (bicyclic) bond motifs is 2. The van der Waals surface area contributed by atoms with Crippen LogP contribution in [0.3, 0.4) is 0 Å². The molecule has 0 saturated heterocycles. The van der Waals surface area contributed by atoms with Gasteiger partial charge in [-0.15, -0.1) is 0 Å². The Balaban J connectivity index is 1.57. The molecular weight excluding hydrogens is 314 g/mol. The van der Waals surface area contributed by atoms with E-state index in [2.05, 4.69) is 11.1 Å². The van der Waals surface area contributed by atoms with Crippen molar-refractivity contribution >= 4 is 22.7 Å². The summed E-state index contributed by atoms with van der Waals surface area (Å²) in [5.41, 5.74) is 3.92. The number of imide groups is 1. The van der Waals surface area contributed by atoms with Crippen molar-refractivity contribution in [3.05, 3.63) is 70.9 Å². The number of hydrogen-bond acceptors (Lipinski definition) is 3. The van der Waals surface area contributed by atoms with Crippen molar-refractivity contribution in [1.82, 2.24) is 9.88 Å². The predicted molar refractivity (Wildman–Crippen MR) is 93.1 cm³/mol. The number of nitrogens with one attached hydrogen (secondary N) is 1. The highest BCUT2D eigenvalue weighted by Gasteiger charge is 2.34. The molecule has 122 valence electrons. The standard InChI is InChI=1S/C20H15N3O2/c21-9-7-13-5-6-18-17(11-13)14(12-22-18)8-10-23-19(24)15-3-1-2-4-16(15)20(23)25/h1-6,11-12,22H,7-8,10H2. The van der Waals surface area contributed by atoms with Crippen molar-refractivity contribution in [3.63, 3.8) is 0 Å². The van der Waals surface area contributed by atoms with E-state index >= 15 is 0 Å². The molecule has 3 aromatic rings. The molecule has 5 nitrogen and oxygen atoms in total. The van der Waals surface area contributed by atoms with E-state index in [0.29, 0.717) is 30.5 Å². The van der Waals surface area contributed by atoms with Gasteiger partial charge in [0.15, 0.2) is 0 Å². The number of carbonyl (C=O) groups excluding carboxylic acids is 2. The number of benzene rings is 2. The summed E-state index contributed by atoms with van der Waals surface area (Å²) in [7, 11) is 0. The van der Waals surface area contributed by atoms with E-state index in [0.717, 1.165) is 22.0 Å². The summed E-state index contributed by atoms with van der Waals surface area (Å²) in [5, 5.41) is 9.90. The third kappa shape index (κ3) is 2.48. The number of nitriles is 1. The molecule has 0 atom stereocenters. The van der Waals surface area contributed by atoms with Crippen molar-refractivity contribution in [2.45, 2.75) is 12.8 Å². The maximum Gasteiger partial charge on any atom is 0.261 e. The zero-order chi connectivity index (χ0) is 17.4. The van der Waals surface area contributed by atoms with Crippen molar-refractivity contribution in [2.24, 2.45) is 0 Å². The van der Waals surface area contributed by atoms with Crippen molar-refractivity contribution in [2.75, 3.05) is 6.54 Å². The Labute approximate surface area is 144 Å². The lowest BCUT2D eigenvalue weighted by Crippen LogP contribution is -2.31. The Morgan fingerprint density at radius 3 is 2.44 bits per heavy atom. The Morgan fingerprint density at radius 2 is 1.76 bits per heavy atom. The summed E-state index contributed by atoms with van der Waals surface area (Å²) in [4.78, 5) is 29.4. The van der Waals surface area contributed by atoms with Crippen LogP contribution in [0.4, 0.5) is 0 Å². The zero-order valence-corrected chi connectivity index (χ0v) is 13.5. The second-order valence-electron chi connectivity index (χ2n) is 6.09. The molecule has 1 N–H and O–H groups in total. The van der Waals surface area contributed by atoms with E-state index in [1.54, 1.807) is 24.3 Å². The van der Waals surface area contributed by atoms with Crippen LogP contribution in [-0.2, 0) is 12.8 Å². The van der Waals surface area contributed by atoms with Crippen LogP contribution in [0, 0.1) is 11.3 Å². The average molecular weight is 329 g/mol. The number of rotatable bonds is 4. The van der Waals surface area contributed by atoms with Gasteiger partial charge in [0.05, 0.1) is 23.6 Å². The van der Waals surface area contributed by atoms with Crippen LogP contribution in [0.25, 0.3) is 10.9 Å². The third-order valence-corrected chi connectivity index (χ3v) is 4.60. The molecule has 5 heteroatoms. The summed E-state index contributed by atoms with van der Waals surface area (Å²) < 4.78 is 0. The Bertz CT molecular complexity index is 1010. The van der Waals surface area contributed by atoms with E-state index in [1.807, 2.05) is 24.4 Å². The van der Waals surface area contributed by atoms with Crippen LogP contribution < -0.4 is 0 Å². The van der Waals surface area contributed by atoms with Gasteiger partial charge in [-0.1, -0.05) is 18.2 Å². The average Bonchev–Trinajstić information content (AvgIpc) is 3.14. The number of nitrogens with zero attached hydrogens (tertiary/aromatic N) is 2. The topological polar surface area (TPSA) is 77.0 Å². The molecule has 1 aromatic heterocycles. The minimum absolute atomic E-state index is 0.231. The van der Waals surface area contributed by atoms with Crippen LogP contribution >= 0.6 is 0 Å². The van der Waals surface area contributed by atoms with E-state index in [4.69, 9.17) is 5.26 Å². The third-order valence-electron chi connectivity index (χ3n) is 4.60. The molecular formula is C20H15N3O2. The van der Waals surface area contributed by atoms with Gasteiger partial charge in [0.2, 0.25) is 0 Å². The van der Waals surface area contributed by atoms with Crippen molar-refractivity contribution < 1.29 is 9.59 Å². The zero-order valence-electron chi connectivity index (χ0n) is 13.5. The molecule has 1 aliphatic heterocycles. The largest absolute Gasteiger partial charge is 0.361 e. The molecule has 0 radical (unpaired) electrons. The first-order valence-electron chi connectivity index (χ1n) is 8.10. The molecule has 2 heterocycles. The van der Waals surface area contributed by atoms with Crippen LogP contribution in [0.2, 0.25) is 0 Å². The highest BCUT2D eigenvalue weighted by atomic mass is 16.2. The summed E-state index contributed by atoms with van der Waals surface area (Å²) in [6, 6.07) is 14.9. The summed E-state index contributed by atoms with van der Waals surface area (Å²) in [5.74, 6) is -0.462.